The molecule has 0 aromatic heterocycles. The summed E-state index contributed by atoms with van der Waals surface area (Å²) in [6, 6.07) is 11.0. The van der Waals surface area contributed by atoms with E-state index in [0.29, 0.717) is 15.4 Å². The summed E-state index contributed by atoms with van der Waals surface area (Å²) in [5.74, 6) is -1.07. The van der Waals surface area contributed by atoms with Crippen LogP contribution in [0.15, 0.2) is 60.0 Å². The number of alkyl halides is 3. The third kappa shape index (κ3) is 3.71. The molecule has 0 radical (unpaired) electrons. The summed E-state index contributed by atoms with van der Waals surface area (Å²) < 4.78 is 37.5. The maximum absolute atomic E-state index is 12.5. The van der Waals surface area contributed by atoms with Gasteiger partial charge in [-0.2, -0.15) is 13.2 Å². The fraction of sp³-hybridized carbons (Fsp3) is 0.0625. The minimum absolute atomic E-state index is 0.126. The number of aromatic carboxylic acids is 1. The van der Waals surface area contributed by atoms with Crippen molar-refractivity contribution in [1.82, 2.24) is 0 Å². The quantitative estimate of drug-likeness (QED) is 0.789. The molecular formula is C16H11F3O2S. The van der Waals surface area contributed by atoms with Gasteiger partial charge in [-0.3, -0.25) is 0 Å². The Morgan fingerprint density at radius 1 is 1.05 bits per heavy atom. The van der Waals surface area contributed by atoms with E-state index in [4.69, 9.17) is 5.11 Å². The van der Waals surface area contributed by atoms with E-state index in [0.717, 1.165) is 23.9 Å². The summed E-state index contributed by atoms with van der Waals surface area (Å²) in [6.45, 7) is 3.80. The summed E-state index contributed by atoms with van der Waals surface area (Å²) in [5, 5.41) is 9.11. The second-order valence-corrected chi connectivity index (χ2v) is 5.54. The SMILES string of the molecule is C=C(Sc1ccccc1C(=O)O)c1ccc(C(F)(F)F)cc1. The molecule has 2 rings (SSSR count). The molecule has 1 N–H and O–H groups in total. The van der Waals surface area contributed by atoms with Crippen molar-refractivity contribution >= 4 is 22.6 Å². The highest BCUT2D eigenvalue weighted by Crippen LogP contribution is 2.36. The van der Waals surface area contributed by atoms with Gasteiger partial charge < -0.3 is 5.11 Å². The van der Waals surface area contributed by atoms with E-state index in [1.54, 1.807) is 18.2 Å². The highest BCUT2D eigenvalue weighted by atomic mass is 32.2. The lowest BCUT2D eigenvalue weighted by molar-refractivity contribution is -0.137. The minimum Gasteiger partial charge on any atom is -0.478 e. The lowest BCUT2D eigenvalue weighted by atomic mass is 10.1. The van der Waals surface area contributed by atoms with Crippen LogP contribution in [0, 0.1) is 0 Å². The molecule has 0 saturated heterocycles. The zero-order valence-electron chi connectivity index (χ0n) is 11.2. The van der Waals surface area contributed by atoms with Crippen LogP contribution < -0.4 is 0 Å². The van der Waals surface area contributed by atoms with Gasteiger partial charge in [-0.25, -0.2) is 4.79 Å². The first kappa shape index (κ1) is 16.2. The van der Waals surface area contributed by atoms with Gasteiger partial charge in [0.1, 0.15) is 0 Å². The Hall–Kier alpha value is -2.21. The maximum Gasteiger partial charge on any atom is 0.416 e. The second-order valence-electron chi connectivity index (χ2n) is 4.40. The molecule has 0 unspecified atom stereocenters. The van der Waals surface area contributed by atoms with E-state index in [9.17, 15) is 18.0 Å². The average Bonchev–Trinajstić information content (AvgIpc) is 2.46. The number of rotatable bonds is 4. The molecule has 0 aliphatic rings. The fourth-order valence-electron chi connectivity index (χ4n) is 1.77. The molecule has 0 amide bonds. The highest BCUT2D eigenvalue weighted by Gasteiger charge is 2.30. The molecule has 0 heterocycles. The first-order valence-electron chi connectivity index (χ1n) is 6.16. The summed E-state index contributed by atoms with van der Waals surface area (Å²) in [4.78, 5) is 12.1. The van der Waals surface area contributed by atoms with Crippen LogP contribution in [-0.4, -0.2) is 11.1 Å². The van der Waals surface area contributed by atoms with Crippen molar-refractivity contribution in [3.8, 4) is 0 Å². The Labute approximate surface area is 129 Å². The van der Waals surface area contributed by atoms with Gasteiger partial charge in [0.25, 0.3) is 0 Å². The van der Waals surface area contributed by atoms with Crippen LogP contribution in [0.4, 0.5) is 13.2 Å². The lowest BCUT2D eigenvalue weighted by Crippen LogP contribution is -2.04. The highest BCUT2D eigenvalue weighted by molar-refractivity contribution is 8.08. The molecule has 0 bridgehead atoms. The van der Waals surface area contributed by atoms with Gasteiger partial charge in [-0.05, 0) is 29.8 Å². The zero-order chi connectivity index (χ0) is 16.3. The molecule has 0 fully saturated rings. The standard InChI is InChI=1S/C16H11F3O2S/c1-10(11-6-8-12(9-7-11)16(17,18)19)22-14-5-3-2-4-13(14)15(20)21/h2-9H,1H2,(H,20,21). The fourth-order valence-corrected chi connectivity index (χ4v) is 2.70. The lowest BCUT2D eigenvalue weighted by Gasteiger charge is -2.10. The Kier molecular flexibility index (Phi) is 4.61. The molecule has 0 spiro atoms. The molecule has 0 atom stereocenters. The molecule has 2 nitrogen and oxygen atoms in total. The maximum atomic E-state index is 12.5. The summed E-state index contributed by atoms with van der Waals surface area (Å²) in [6.07, 6.45) is -4.39. The number of thioether (sulfide) groups is 1. The van der Waals surface area contributed by atoms with Crippen molar-refractivity contribution < 1.29 is 23.1 Å². The predicted octanol–water partition coefficient (Wildman–Crippen LogP) is 5.17. The normalized spacial score (nSPS) is 11.2. The zero-order valence-corrected chi connectivity index (χ0v) is 12.0. The topological polar surface area (TPSA) is 37.3 Å². The largest absolute Gasteiger partial charge is 0.478 e. The number of carboxylic acid groups (broad SMARTS) is 1. The van der Waals surface area contributed by atoms with Crippen LogP contribution in [0.3, 0.4) is 0 Å². The van der Waals surface area contributed by atoms with E-state index >= 15 is 0 Å². The van der Waals surface area contributed by atoms with Crippen LogP contribution in [-0.2, 0) is 6.18 Å². The van der Waals surface area contributed by atoms with Gasteiger partial charge in [0, 0.05) is 9.80 Å². The number of halogens is 3. The van der Waals surface area contributed by atoms with Gasteiger partial charge in [0.2, 0.25) is 0 Å². The van der Waals surface area contributed by atoms with Crippen molar-refractivity contribution in [2.75, 3.05) is 0 Å². The monoisotopic (exact) mass is 324 g/mol. The van der Waals surface area contributed by atoms with Gasteiger partial charge in [-0.1, -0.05) is 42.6 Å². The first-order chi connectivity index (χ1) is 10.3. The molecule has 0 aliphatic heterocycles. The molecule has 0 aliphatic carbocycles. The van der Waals surface area contributed by atoms with Gasteiger partial charge in [-0.15, -0.1) is 0 Å². The van der Waals surface area contributed by atoms with Crippen LogP contribution in [0.2, 0.25) is 0 Å². The first-order valence-corrected chi connectivity index (χ1v) is 6.97. The van der Waals surface area contributed by atoms with E-state index in [1.165, 1.54) is 18.2 Å². The third-order valence-electron chi connectivity index (χ3n) is 2.88. The van der Waals surface area contributed by atoms with Crippen LogP contribution in [0.25, 0.3) is 4.91 Å². The molecular weight excluding hydrogens is 313 g/mol. The van der Waals surface area contributed by atoms with Crippen LogP contribution in [0.5, 0.6) is 0 Å². The van der Waals surface area contributed by atoms with Crippen molar-refractivity contribution in [2.45, 2.75) is 11.1 Å². The summed E-state index contributed by atoms with van der Waals surface area (Å²) in [7, 11) is 0. The Balaban J connectivity index is 2.22. The number of hydrogen-bond donors (Lipinski definition) is 1. The van der Waals surface area contributed by atoms with Crippen molar-refractivity contribution in [2.24, 2.45) is 0 Å². The van der Waals surface area contributed by atoms with E-state index in [2.05, 4.69) is 6.58 Å². The Morgan fingerprint density at radius 3 is 2.18 bits per heavy atom. The molecule has 2 aromatic rings. The van der Waals surface area contributed by atoms with Gasteiger partial charge >= 0.3 is 12.1 Å². The molecule has 2 aromatic carbocycles. The summed E-state index contributed by atoms with van der Waals surface area (Å²) >= 11 is 1.11. The third-order valence-corrected chi connectivity index (χ3v) is 3.94. The molecule has 0 saturated carbocycles. The molecule has 22 heavy (non-hydrogen) atoms. The second kappa shape index (κ2) is 6.27. The minimum atomic E-state index is -4.39. The number of hydrogen-bond acceptors (Lipinski definition) is 2. The van der Waals surface area contributed by atoms with Crippen molar-refractivity contribution in [3.63, 3.8) is 0 Å². The van der Waals surface area contributed by atoms with E-state index in [-0.39, 0.29) is 5.56 Å². The van der Waals surface area contributed by atoms with Gasteiger partial charge in [0.05, 0.1) is 11.1 Å². The Morgan fingerprint density at radius 2 is 1.64 bits per heavy atom. The van der Waals surface area contributed by atoms with Crippen LogP contribution in [0.1, 0.15) is 21.5 Å². The van der Waals surface area contributed by atoms with E-state index in [1.807, 2.05) is 0 Å². The number of carbonyl (C=O) groups is 1. The molecule has 114 valence electrons. The number of carboxylic acids is 1. The average molecular weight is 324 g/mol. The Bertz CT molecular complexity index is 706. The smallest absolute Gasteiger partial charge is 0.416 e. The van der Waals surface area contributed by atoms with Crippen molar-refractivity contribution in [1.29, 1.82) is 0 Å². The number of benzene rings is 2. The summed E-state index contributed by atoms with van der Waals surface area (Å²) in [5.41, 5.74) is -0.0984. The molecule has 6 heteroatoms. The predicted molar refractivity (Wildman–Crippen MR) is 79.7 cm³/mol. The van der Waals surface area contributed by atoms with Crippen LogP contribution >= 0.6 is 11.8 Å². The van der Waals surface area contributed by atoms with E-state index < -0.39 is 17.7 Å². The van der Waals surface area contributed by atoms with Gasteiger partial charge in [0.15, 0.2) is 0 Å². The van der Waals surface area contributed by atoms with Crippen molar-refractivity contribution in [3.05, 3.63) is 71.8 Å².